The second kappa shape index (κ2) is 6.01. The van der Waals surface area contributed by atoms with Crippen LogP contribution in [0.3, 0.4) is 0 Å². The Morgan fingerprint density at radius 1 is 1.38 bits per heavy atom. The lowest BCUT2D eigenvalue weighted by molar-refractivity contribution is 0.176. The van der Waals surface area contributed by atoms with Crippen LogP contribution >= 0.6 is 11.8 Å². The standard InChI is InChI=1S/C17H24N2OS/c1-4-18-15-14(10-7-11-17(15,2)3)21-16-19-12-8-5-6-9-13(12)20-16/h5-6,8-9,14-15,18H,4,7,10-11H2,1-3H3. The average molecular weight is 304 g/mol. The fourth-order valence-corrected chi connectivity index (χ4v) is 4.80. The summed E-state index contributed by atoms with van der Waals surface area (Å²) in [5, 5.41) is 5.03. The Hall–Kier alpha value is -1.00. The van der Waals surface area contributed by atoms with Gasteiger partial charge in [-0.3, -0.25) is 0 Å². The van der Waals surface area contributed by atoms with E-state index < -0.39 is 0 Å². The van der Waals surface area contributed by atoms with Crippen LogP contribution in [0.2, 0.25) is 0 Å². The molecule has 1 saturated carbocycles. The van der Waals surface area contributed by atoms with Gasteiger partial charge in [-0.1, -0.05) is 51.1 Å². The first-order chi connectivity index (χ1) is 10.1. The van der Waals surface area contributed by atoms with Crippen LogP contribution in [0.1, 0.15) is 40.0 Å². The minimum Gasteiger partial charge on any atom is -0.431 e. The summed E-state index contributed by atoms with van der Waals surface area (Å²) < 4.78 is 5.89. The highest BCUT2D eigenvalue weighted by molar-refractivity contribution is 7.99. The van der Waals surface area contributed by atoms with Crippen molar-refractivity contribution >= 4 is 22.9 Å². The van der Waals surface area contributed by atoms with E-state index in [4.69, 9.17) is 4.42 Å². The maximum absolute atomic E-state index is 5.89. The summed E-state index contributed by atoms with van der Waals surface area (Å²) in [6.45, 7) is 7.95. The Morgan fingerprint density at radius 3 is 2.95 bits per heavy atom. The fraction of sp³-hybridized carbons (Fsp3) is 0.588. The number of para-hydroxylation sites is 2. The summed E-state index contributed by atoms with van der Waals surface area (Å²) in [6, 6.07) is 8.50. The number of aromatic nitrogens is 1. The van der Waals surface area contributed by atoms with E-state index in [0.717, 1.165) is 22.9 Å². The summed E-state index contributed by atoms with van der Waals surface area (Å²) in [4.78, 5) is 4.62. The van der Waals surface area contributed by atoms with E-state index in [-0.39, 0.29) is 0 Å². The van der Waals surface area contributed by atoms with E-state index in [9.17, 15) is 0 Å². The van der Waals surface area contributed by atoms with Crippen LogP contribution in [-0.2, 0) is 0 Å². The molecular weight excluding hydrogens is 280 g/mol. The molecule has 1 aliphatic rings. The molecule has 0 radical (unpaired) electrons. The highest BCUT2D eigenvalue weighted by atomic mass is 32.2. The number of nitrogens with zero attached hydrogens (tertiary/aromatic N) is 1. The summed E-state index contributed by atoms with van der Waals surface area (Å²) in [6.07, 6.45) is 3.80. The first kappa shape index (κ1) is 14.9. The summed E-state index contributed by atoms with van der Waals surface area (Å²) in [7, 11) is 0. The predicted molar refractivity (Wildman–Crippen MR) is 88.8 cm³/mol. The van der Waals surface area contributed by atoms with Gasteiger partial charge in [0.2, 0.25) is 0 Å². The molecule has 1 aliphatic carbocycles. The van der Waals surface area contributed by atoms with Crippen LogP contribution in [0.25, 0.3) is 11.1 Å². The third kappa shape index (κ3) is 3.11. The molecule has 1 aromatic heterocycles. The molecule has 1 heterocycles. The molecule has 0 bridgehead atoms. The summed E-state index contributed by atoms with van der Waals surface area (Å²) in [5.41, 5.74) is 2.17. The van der Waals surface area contributed by atoms with Crippen LogP contribution < -0.4 is 5.32 Å². The first-order valence-electron chi connectivity index (χ1n) is 7.86. The lowest BCUT2D eigenvalue weighted by atomic mass is 9.73. The molecule has 114 valence electrons. The Bertz CT molecular complexity index is 575. The van der Waals surface area contributed by atoms with Crippen molar-refractivity contribution in [3.8, 4) is 0 Å². The third-order valence-corrected chi connectivity index (χ3v) is 5.66. The molecule has 2 atom stereocenters. The number of benzene rings is 1. The molecule has 1 N–H and O–H groups in total. The molecule has 4 heteroatoms. The number of fused-ring (bicyclic) bond motifs is 1. The van der Waals surface area contributed by atoms with Gasteiger partial charge in [-0.15, -0.1) is 0 Å². The number of rotatable bonds is 4. The molecular formula is C17H24N2OS. The highest BCUT2D eigenvalue weighted by Crippen LogP contribution is 2.43. The minimum atomic E-state index is 0.331. The Kier molecular flexibility index (Phi) is 4.27. The van der Waals surface area contributed by atoms with E-state index in [1.165, 1.54) is 19.3 Å². The minimum absolute atomic E-state index is 0.331. The van der Waals surface area contributed by atoms with Gasteiger partial charge in [0.1, 0.15) is 5.52 Å². The molecule has 0 spiro atoms. The predicted octanol–water partition coefficient (Wildman–Crippen LogP) is 4.48. The second-order valence-electron chi connectivity index (χ2n) is 6.52. The molecule has 0 saturated heterocycles. The van der Waals surface area contributed by atoms with Gasteiger partial charge in [-0.25, -0.2) is 4.98 Å². The Labute approximate surface area is 130 Å². The Morgan fingerprint density at radius 2 is 2.19 bits per heavy atom. The molecule has 0 aliphatic heterocycles. The van der Waals surface area contributed by atoms with Crippen molar-refractivity contribution in [3.05, 3.63) is 24.3 Å². The third-order valence-electron chi connectivity index (χ3n) is 4.47. The van der Waals surface area contributed by atoms with Gasteiger partial charge in [0, 0.05) is 11.3 Å². The van der Waals surface area contributed by atoms with Crippen molar-refractivity contribution < 1.29 is 4.42 Å². The summed E-state index contributed by atoms with van der Waals surface area (Å²) >= 11 is 1.80. The van der Waals surface area contributed by atoms with Gasteiger partial charge in [0.15, 0.2) is 5.58 Å². The smallest absolute Gasteiger partial charge is 0.257 e. The van der Waals surface area contributed by atoms with E-state index in [0.29, 0.717) is 16.7 Å². The van der Waals surface area contributed by atoms with Crippen molar-refractivity contribution in [3.63, 3.8) is 0 Å². The molecule has 2 aromatic rings. The van der Waals surface area contributed by atoms with Gasteiger partial charge in [-0.05, 0) is 36.9 Å². The maximum Gasteiger partial charge on any atom is 0.257 e. The first-order valence-corrected chi connectivity index (χ1v) is 8.74. The van der Waals surface area contributed by atoms with E-state index in [1.54, 1.807) is 11.8 Å². The fourth-order valence-electron chi connectivity index (χ4n) is 3.37. The van der Waals surface area contributed by atoms with Crippen molar-refractivity contribution in [2.24, 2.45) is 5.41 Å². The zero-order chi connectivity index (χ0) is 14.9. The van der Waals surface area contributed by atoms with E-state index >= 15 is 0 Å². The number of thioether (sulfide) groups is 1. The van der Waals surface area contributed by atoms with Crippen LogP contribution in [0, 0.1) is 5.41 Å². The normalized spacial score (nSPS) is 25.3. The van der Waals surface area contributed by atoms with Gasteiger partial charge < -0.3 is 9.73 Å². The molecule has 1 aromatic carbocycles. The quantitative estimate of drug-likeness (QED) is 0.904. The highest BCUT2D eigenvalue weighted by Gasteiger charge is 2.39. The second-order valence-corrected chi connectivity index (χ2v) is 7.71. The molecule has 2 unspecified atom stereocenters. The zero-order valence-electron chi connectivity index (χ0n) is 13.1. The van der Waals surface area contributed by atoms with Crippen molar-refractivity contribution in [2.75, 3.05) is 6.54 Å². The lowest BCUT2D eigenvalue weighted by Gasteiger charge is -2.43. The van der Waals surface area contributed by atoms with Gasteiger partial charge in [-0.2, -0.15) is 0 Å². The molecule has 3 rings (SSSR count). The van der Waals surface area contributed by atoms with Gasteiger partial charge in [0.05, 0.1) is 0 Å². The van der Waals surface area contributed by atoms with Crippen LogP contribution in [0.4, 0.5) is 0 Å². The molecule has 1 fully saturated rings. The molecule has 0 amide bonds. The number of hydrogen-bond acceptors (Lipinski definition) is 4. The maximum atomic E-state index is 5.89. The Balaban J connectivity index is 1.81. The summed E-state index contributed by atoms with van der Waals surface area (Å²) in [5.74, 6) is 0. The van der Waals surface area contributed by atoms with Crippen molar-refractivity contribution in [1.82, 2.24) is 10.3 Å². The molecule has 21 heavy (non-hydrogen) atoms. The van der Waals surface area contributed by atoms with Crippen LogP contribution in [0.5, 0.6) is 0 Å². The van der Waals surface area contributed by atoms with Gasteiger partial charge in [0.25, 0.3) is 5.22 Å². The van der Waals surface area contributed by atoms with Crippen LogP contribution in [-0.4, -0.2) is 22.8 Å². The van der Waals surface area contributed by atoms with Crippen molar-refractivity contribution in [1.29, 1.82) is 0 Å². The number of oxazole rings is 1. The lowest BCUT2D eigenvalue weighted by Crippen LogP contribution is -2.51. The average Bonchev–Trinajstić information content (AvgIpc) is 2.84. The van der Waals surface area contributed by atoms with Gasteiger partial charge >= 0.3 is 0 Å². The van der Waals surface area contributed by atoms with Crippen LogP contribution in [0.15, 0.2) is 33.9 Å². The number of hydrogen-bond donors (Lipinski definition) is 1. The largest absolute Gasteiger partial charge is 0.431 e. The monoisotopic (exact) mass is 304 g/mol. The van der Waals surface area contributed by atoms with E-state index in [2.05, 4.69) is 31.1 Å². The zero-order valence-corrected chi connectivity index (χ0v) is 13.9. The van der Waals surface area contributed by atoms with E-state index in [1.807, 2.05) is 24.3 Å². The SMILES string of the molecule is CCNC1C(Sc2nc3ccccc3o2)CCCC1(C)C. The number of nitrogens with one attached hydrogen (secondary N) is 1. The molecule has 3 nitrogen and oxygen atoms in total. The topological polar surface area (TPSA) is 38.1 Å². The van der Waals surface area contributed by atoms with Crippen molar-refractivity contribution in [2.45, 2.75) is 56.5 Å².